The highest BCUT2D eigenvalue weighted by Gasteiger charge is 2.17. The zero-order chi connectivity index (χ0) is 22.7. The van der Waals surface area contributed by atoms with Crippen molar-refractivity contribution in [3.63, 3.8) is 0 Å². The molecule has 0 atom stereocenters. The molecule has 9 heteroatoms. The minimum absolute atomic E-state index is 0.138. The molecule has 32 heavy (non-hydrogen) atoms. The van der Waals surface area contributed by atoms with Gasteiger partial charge in [-0.2, -0.15) is 4.98 Å². The van der Waals surface area contributed by atoms with Gasteiger partial charge in [0.1, 0.15) is 11.6 Å². The number of nitrogens with one attached hydrogen (secondary N) is 1. The molecule has 0 aliphatic heterocycles. The number of nitrogens with zero attached hydrogens (tertiary/aromatic N) is 3. The standard InChI is InChI=1S/C23H23N5O4/c1-29-16-5-6-18-14(8-16)7-15(11-25-18)27-22-17(12-26-23(24)28-22)13-9-19(30-2)21(32-4)20(10-13)31-3/h5-12H,1-4H3,(H3,24,26,27,28). The van der Waals surface area contributed by atoms with Crippen molar-refractivity contribution in [3.05, 3.63) is 48.8 Å². The third-order valence-corrected chi connectivity index (χ3v) is 4.93. The molecule has 0 spiro atoms. The fraction of sp³-hybridized carbons (Fsp3) is 0.174. The Hall–Kier alpha value is -4.27. The number of aromatic nitrogens is 3. The summed E-state index contributed by atoms with van der Waals surface area (Å²) in [6.07, 6.45) is 3.37. The summed E-state index contributed by atoms with van der Waals surface area (Å²) in [5, 5.41) is 4.22. The van der Waals surface area contributed by atoms with Gasteiger partial charge in [-0.1, -0.05) is 0 Å². The predicted molar refractivity (Wildman–Crippen MR) is 123 cm³/mol. The minimum Gasteiger partial charge on any atom is -0.497 e. The number of fused-ring (bicyclic) bond motifs is 1. The molecular formula is C23H23N5O4. The van der Waals surface area contributed by atoms with Crippen LogP contribution in [0.15, 0.2) is 48.8 Å². The molecule has 2 heterocycles. The smallest absolute Gasteiger partial charge is 0.221 e. The molecule has 4 aromatic rings. The van der Waals surface area contributed by atoms with Gasteiger partial charge in [0, 0.05) is 17.1 Å². The molecule has 0 radical (unpaired) electrons. The fourth-order valence-corrected chi connectivity index (χ4v) is 3.38. The Morgan fingerprint density at radius 2 is 1.56 bits per heavy atom. The summed E-state index contributed by atoms with van der Waals surface area (Å²) in [7, 11) is 6.31. The van der Waals surface area contributed by atoms with Gasteiger partial charge in [0.2, 0.25) is 11.7 Å². The number of ether oxygens (including phenoxy) is 4. The van der Waals surface area contributed by atoms with Gasteiger partial charge in [0.15, 0.2) is 11.5 Å². The average Bonchev–Trinajstić information content (AvgIpc) is 2.82. The Balaban J connectivity index is 1.79. The molecule has 0 amide bonds. The van der Waals surface area contributed by atoms with Crippen LogP contribution in [0.2, 0.25) is 0 Å². The van der Waals surface area contributed by atoms with E-state index in [4.69, 9.17) is 24.7 Å². The van der Waals surface area contributed by atoms with Gasteiger partial charge in [0.25, 0.3) is 0 Å². The second kappa shape index (κ2) is 8.84. The molecule has 0 saturated heterocycles. The highest BCUT2D eigenvalue weighted by molar-refractivity contribution is 5.86. The molecule has 0 unspecified atom stereocenters. The van der Waals surface area contributed by atoms with E-state index in [-0.39, 0.29) is 5.95 Å². The SMILES string of the molecule is COc1ccc2ncc(Nc3nc(N)ncc3-c3cc(OC)c(OC)c(OC)c3)cc2c1. The number of methoxy groups -OCH3 is 4. The zero-order valence-corrected chi connectivity index (χ0v) is 18.2. The average molecular weight is 433 g/mol. The van der Waals surface area contributed by atoms with E-state index >= 15 is 0 Å². The van der Waals surface area contributed by atoms with Crippen LogP contribution in [-0.2, 0) is 0 Å². The lowest BCUT2D eigenvalue weighted by Gasteiger charge is -2.16. The molecule has 2 aromatic carbocycles. The molecule has 0 bridgehead atoms. The molecule has 0 fully saturated rings. The highest BCUT2D eigenvalue weighted by Crippen LogP contribution is 2.42. The fourth-order valence-electron chi connectivity index (χ4n) is 3.38. The van der Waals surface area contributed by atoms with E-state index in [1.807, 2.05) is 36.4 Å². The number of anilines is 3. The number of hydrogen-bond acceptors (Lipinski definition) is 9. The van der Waals surface area contributed by atoms with Gasteiger partial charge in [-0.05, 0) is 42.0 Å². The summed E-state index contributed by atoms with van der Waals surface area (Å²) in [5.74, 6) is 2.93. The number of nitrogen functional groups attached to an aromatic ring is 1. The number of rotatable bonds is 7. The van der Waals surface area contributed by atoms with Crippen LogP contribution in [-0.4, -0.2) is 43.4 Å². The number of hydrogen-bond donors (Lipinski definition) is 2. The Labute approximate surface area is 185 Å². The summed E-state index contributed by atoms with van der Waals surface area (Å²) in [4.78, 5) is 13.1. The number of pyridine rings is 1. The summed E-state index contributed by atoms with van der Waals surface area (Å²) in [5.41, 5.74) is 8.93. The van der Waals surface area contributed by atoms with E-state index in [2.05, 4.69) is 20.3 Å². The van der Waals surface area contributed by atoms with E-state index in [0.717, 1.165) is 27.9 Å². The molecule has 0 saturated carbocycles. The van der Waals surface area contributed by atoms with Crippen LogP contribution in [0, 0.1) is 0 Å². The van der Waals surface area contributed by atoms with Crippen LogP contribution >= 0.6 is 0 Å². The Bertz CT molecular complexity index is 1250. The van der Waals surface area contributed by atoms with Crippen LogP contribution in [0.1, 0.15) is 0 Å². The lowest BCUT2D eigenvalue weighted by molar-refractivity contribution is 0.324. The summed E-state index contributed by atoms with van der Waals surface area (Å²) in [6, 6.07) is 11.3. The Morgan fingerprint density at radius 3 is 2.22 bits per heavy atom. The van der Waals surface area contributed by atoms with Crippen molar-refractivity contribution in [2.75, 3.05) is 39.5 Å². The monoisotopic (exact) mass is 433 g/mol. The first-order valence-corrected chi connectivity index (χ1v) is 9.70. The van der Waals surface area contributed by atoms with E-state index in [1.165, 1.54) is 0 Å². The van der Waals surface area contributed by atoms with Crippen LogP contribution in [0.4, 0.5) is 17.5 Å². The molecule has 4 rings (SSSR count). The van der Waals surface area contributed by atoms with Crippen LogP contribution in [0.5, 0.6) is 23.0 Å². The third kappa shape index (κ3) is 4.00. The Kier molecular flexibility index (Phi) is 5.80. The molecule has 164 valence electrons. The predicted octanol–water partition coefficient (Wildman–Crippen LogP) is 4.05. The lowest BCUT2D eigenvalue weighted by Crippen LogP contribution is -2.03. The van der Waals surface area contributed by atoms with Crippen molar-refractivity contribution in [1.82, 2.24) is 15.0 Å². The maximum absolute atomic E-state index is 5.88. The van der Waals surface area contributed by atoms with Crippen LogP contribution < -0.4 is 30.0 Å². The van der Waals surface area contributed by atoms with E-state index in [9.17, 15) is 0 Å². The van der Waals surface area contributed by atoms with Crippen molar-refractivity contribution in [2.45, 2.75) is 0 Å². The van der Waals surface area contributed by atoms with Gasteiger partial charge in [-0.25, -0.2) is 4.98 Å². The topological polar surface area (TPSA) is 114 Å². The Morgan fingerprint density at radius 1 is 0.812 bits per heavy atom. The maximum Gasteiger partial charge on any atom is 0.221 e. The summed E-state index contributed by atoms with van der Waals surface area (Å²) < 4.78 is 21.7. The van der Waals surface area contributed by atoms with Gasteiger partial charge in [-0.3, -0.25) is 4.98 Å². The maximum atomic E-state index is 5.88. The quantitative estimate of drug-likeness (QED) is 0.445. The van der Waals surface area contributed by atoms with E-state index < -0.39 is 0 Å². The highest BCUT2D eigenvalue weighted by atomic mass is 16.5. The molecule has 2 aromatic heterocycles. The van der Waals surface area contributed by atoms with E-state index in [1.54, 1.807) is 40.8 Å². The molecular weight excluding hydrogens is 410 g/mol. The van der Waals surface area contributed by atoms with Gasteiger partial charge in [-0.15, -0.1) is 0 Å². The summed E-state index contributed by atoms with van der Waals surface area (Å²) >= 11 is 0. The van der Waals surface area contributed by atoms with Crippen molar-refractivity contribution in [2.24, 2.45) is 0 Å². The first kappa shape index (κ1) is 21.0. The third-order valence-electron chi connectivity index (χ3n) is 4.93. The second-order valence-corrected chi connectivity index (χ2v) is 6.81. The van der Waals surface area contributed by atoms with Gasteiger partial charge < -0.3 is 30.0 Å². The first-order chi connectivity index (χ1) is 15.6. The normalized spacial score (nSPS) is 10.6. The largest absolute Gasteiger partial charge is 0.497 e. The first-order valence-electron chi connectivity index (χ1n) is 9.70. The van der Waals surface area contributed by atoms with E-state index in [0.29, 0.717) is 28.6 Å². The van der Waals surface area contributed by atoms with Crippen molar-refractivity contribution in [1.29, 1.82) is 0 Å². The lowest BCUT2D eigenvalue weighted by atomic mass is 10.1. The second-order valence-electron chi connectivity index (χ2n) is 6.81. The zero-order valence-electron chi connectivity index (χ0n) is 18.2. The van der Waals surface area contributed by atoms with Crippen molar-refractivity contribution < 1.29 is 18.9 Å². The summed E-state index contributed by atoms with van der Waals surface area (Å²) in [6.45, 7) is 0. The van der Waals surface area contributed by atoms with Crippen molar-refractivity contribution in [3.8, 4) is 34.1 Å². The minimum atomic E-state index is 0.138. The van der Waals surface area contributed by atoms with Crippen molar-refractivity contribution >= 4 is 28.4 Å². The van der Waals surface area contributed by atoms with Crippen LogP contribution in [0.25, 0.3) is 22.0 Å². The molecule has 9 nitrogen and oxygen atoms in total. The van der Waals surface area contributed by atoms with Gasteiger partial charge >= 0.3 is 0 Å². The number of benzene rings is 2. The molecule has 3 N–H and O–H groups in total. The molecule has 0 aliphatic rings. The van der Waals surface area contributed by atoms with Gasteiger partial charge in [0.05, 0.1) is 45.8 Å². The molecule has 0 aliphatic carbocycles. The van der Waals surface area contributed by atoms with Crippen LogP contribution in [0.3, 0.4) is 0 Å². The number of nitrogens with two attached hydrogens (primary N) is 1.